The van der Waals surface area contributed by atoms with Crippen LogP contribution in [0.3, 0.4) is 0 Å². The van der Waals surface area contributed by atoms with Gasteiger partial charge in [-0.15, -0.1) is 0 Å². The van der Waals surface area contributed by atoms with Crippen molar-refractivity contribution < 1.29 is 11.0 Å². The van der Waals surface area contributed by atoms with Gasteiger partial charge in [0.1, 0.15) is 0 Å². The minimum atomic E-state index is -0.519. The van der Waals surface area contributed by atoms with Crippen molar-refractivity contribution >= 4 is 7.26 Å². The molecule has 0 rings (SSSR count). The van der Waals surface area contributed by atoms with Crippen molar-refractivity contribution in [3.8, 4) is 0 Å². The quantitative estimate of drug-likeness (QED) is 0.635. The van der Waals surface area contributed by atoms with Gasteiger partial charge >= 0.3 is 0 Å². The first-order valence-corrected chi connectivity index (χ1v) is 9.31. The molecule has 17 heavy (non-hydrogen) atoms. The van der Waals surface area contributed by atoms with E-state index < -0.39 is 7.26 Å². The first kappa shape index (κ1) is 26.0. The number of unbranched alkanes of at least 4 members (excludes halogenated alkanes) is 3. The molecule has 0 aliphatic heterocycles. The molecule has 0 aromatic rings. The van der Waals surface area contributed by atoms with E-state index in [0.717, 1.165) is 0 Å². The molecule has 4 heteroatoms. The van der Waals surface area contributed by atoms with E-state index in [1.807, 2.05) is 0 Å². The molecule has 0 aromatic carbocycles. The molecule has 0 bridgehead atoms. The predicted octanol–water partition coefficient (Wildman–Crippen LogP) is 4.19. The molecule has 0 radical (unpaired) electrons. The molecule has 0 spiro atoms. The average molecular weight is 269 g/mol. The highest BCUT2D eigenvalue weighted by atomic mass is 31.2. The monoisotopic (exact) mass is 269 g/mol. The normalized spacial score (nSPS) is 9.88. The zero-order chi connectivity index (χ0) is 10.9. The van der Waals surface area contributed by atoms with Crippen molar-refractivity contribution in [1.82, 2.24) is 6.15 Å². The van der Waals surface area contributed by atoms with Gasteiger partial charge in [-0.3, -0.25) is 0 Å². The van der Waals surface area contributed by atoms with Gasteiger partial charge in [-0.1, -0.05) is 40.0 Å². The molecule has 0 aliphatic rings. The Hall–Kier alpha value is 0.310. The SMILES string of the molecule is CCCC[P+](C)(CCCC)CCCC.N.O.[OH-]. The topological polar surface area (TPSA) is 96.5 Å². The van der Waals surface area contributed by atoms with Crippen LogP contribution in [0.1, 0.15) is 59.3 Å². The van der Waals surface area contributed by atoms with E-state index in [-0.39, 0.29) is 17.1 Å². The Bertz CT molecular complexity index is 113. The lowest BCUT2D eigenvalue weighted by atomic mass is 10.4. The summed E-state index contributed by atoms with van der Waals surface area (Å²) in [7, 11) is -0.519. The third kappa shape index (κ3) is 14.2. The molecule has 0 saturated carbocycles. The predicted molar refractivity (Wildman–Crippen MR) is 82.7 cm³/mol. The fraction of sp³-hybridized carbons (Fsp3) is 1.00. The lowest BCUT2D eigenvalue weighted by Gasteiger charge is -2.22. The van der Waals surface area contributed by atoms with Crippen LogP contribution in [0.15, 0.2) is 0 Å². The number of hydrogen-bond donors (Lipinski definition) is 1. The highest BCUT2D eigenvalue weighted by Crippen LogP contribution is 2.57. The molecule has 0 atom stereocenters. The van der Waals surface area contributed by atoms with Crippen LogP contribution >= 0.6 is 7.26 Å². The summed E-state index contributed by atoms with van der Waals surface area (Å²) in [6.45, 7) is 9.59. The van der Waals surface area contributed by atoms with Gasteiger partial charge in [-0.05, 0) is 19.3 Å². The van der Waals surface area contributed by atoms with Crippen LogP contribution in [0, 0.1) is 0 Å². The van der Waals surface area contributed by atoms with Crippen LogP contribution in [0.25, 0.3) is 0 Å². The molecular formula is C13H36NO2P. The Morgan fingerprint density at radius 1 is 0.706 bits per heavy atom. The Morgan fingerprint density at radius 2 is 0.941 bits per heavy atom. The van der Waals surface area contributed by atoms with Crippen molar-refractivity contribution in [2.24, 2.45) is 0 Å². The molecule has 0 heterocycles. The molecule has 0 saturated heterocycles. The first-order valence-electron chi connectivity index (χ1n) is 6.52. The summed E-state index contributed by atoms with van der Waals surface area (Å²) in [5.41, 5.74) is 0. The van der Waals surface area contributed by atoms with Gasteiger partial charge in [-0.25, -0.2) is 0 Å². The Kier molecular flexibility index (Phi) is 24.9. The summed E-state index contributed by atoms with van der Waals surface area (Å²) in [6, 6.07) is 0. The second kappa shape index (κ2) is 16.3. The van der Waals surface area contributed by atoms with Crippen molar-refractivity contribution in [3.05, 3.63) is 0 Å². The summed E-state index contributed by atoms with van der Waals surface area (Å²) in [4.78, 5) is 0. The van der Waals surface area contributed by atoms with Crippen molar-refractivity contribution in [1.29, 1.82) is 0 Å². The third-order valence-electron chi connectivity index (χ3n) is 3.15. The minimum Gasteiger partial charge on any atom is -0.870 e. The van der Waals surface area contributed by atoms with Crippen molar-refractivity contribution in [2.75, 3.05) is 25.2 Å². The van der Waals surface area contributed by atoms with Gasteiger partial charge in [0.2, 0.25) is 0 Å². The van der Waals surface area contributed by atoms with Crippen molar-refractivity contribution in [2.45, 2.75) is 59.3 Å². The van der Waals surface area contributed by atoms with Gasteiger partial charge < -0.3 is 17.1 Å². The summed E-state index contributed by atoms with van der Waals surface area (Å²) in [5.74, 6) is 0. The standard InChI is InChI=1S/C13H30P.H3N.2H2O/c1-5-8-11-14(4,12-9-6-2)13-10-7-3;;;/h5-13H2,1-4H3;1H3;2*1H2/q+1;;;/p-1. The summed E-state index contributed by atoms with van der Waals surface area (Å²) in [5, 5.41) is 0. The van der Waals surface area contributed by atoms with Crippen LogP contribution in [0.4, 0.5) is 0 Å². The van der Waals surface area contributed by atoms with E-state index in [9.17, 15) is 0 Å². The maximum Gasteiger partial charge on any atom is 0.0591 e. The highest BCUT2D eigenvalue weighted by molar-refractivity contribution is 7.75. The van der Waals surface area contributed by atoms with E-state index in [1.165, 1.54) is 38.5 Å². The second-order valence-corrected chi connectivity index (χ2v) is 9.43. The molecule has 0 aliphatic carbocycles. The van der Waals surface area contributed by atoms with Crippen LogP contribution in [-0.4, -0.2) is 36.1 Å². The Labute approximate surface area is 109 Å². The van der Waals surface area contributed by atoms with Gasteiger partial charge in [0.25, 0.3) is 0 Å². The Morgan fingerprint density at radius 3 is 1.12 bits per heavy atom. The molecular weight excluding hydrogens is 233 g/mol. The Balaban J connectivity index is -0.000000282. The summed E-state index contributed by atoms with van der Waals surface area (Å²) in [6.07, 6.45) is 13.2. The molecule has 6 N–H and O–H groups in total. The molecule has 0 unspecified atom stereocenters. The van der Waals surface area contributed by atoms with Gasteiger partial charge in [0.15, 0.2) is 0 Å². The lowest BCUT2D eigenvalue weighted by molar-refractivity contribution is 0.823. The highest BCUT2D eigenvalue weighted by Gasteiger charge is 2.28. The van der Waals surface area contributed by atoms with Crippen LogP contribution < -0.4 is 6.15 Å². The molecule has 3 nitrogen and oxygen atoms in total. The second-order valence-electron chi connectivity index (χ2n) is 4.85. The van der Waals surface area contributed by atoms with Crippen molar-refractivity contribution in [3.63, 3.8) is 0 Å². The molecule has 110 valence electrons. The fourth-order valence-corrected chi connectivity index (χ4v) is 5.86. The van der Waals surface area contributed by atoms with E-state index >= 15 is 0 Å². The zero-order valence-electron chi connectivity index (χ0n) is 12.5. The smallest absolute Gasteiger partial charge is 0.0591 e. The summed E-state index contributed by atoms with van der Waals surface area (Å²) < 4.78 is 0. The number of rotatable bonds is 9. The van der Waals surface area contributed by atoms with E-state index in [4.69, 9.17) is 0 Å². The van der Waals surface area contributed by atoms with Gasteiger partial charge in [0, 0.05) is 13.9 Å². The van der Waals surface area contributed by atoms with E-state index in [1.54, 1.807) is 18.5 Å². The maximum atomic E-state index is 2.62. The van der Waals surface area contributed by atoms with Gasteiger partial charge in [0.05, 0.1) is 18.5 Å². The van der Waals surface area contributed by atoms with Gasteiger partial charge in [-0.2, -0.15) is 0 Å². The lowest BCUT2D eigenvalue weighted by Crippen LogP contribution is -2.07. The van der Waals surface area contributed by atoms with Crippen LogP contribution in [-0.2, 0) is 0 Å². The fourth-order valence-electron chi connectivity index (χ4n) is 1.95. The largest absolute Gasteiger partial charge is 0.870 e. The maximum absolute atomic E-state index is 2.62. The van der Waals surface area contributed by atoms with Crippen LogP contribution in [0.5, 0.6) is 0 Å². The first-order chi connectivity index (χ1) is 6.68. The molecule has 0 aromatic heterocycles. The molecule has 0 amide bonds. The zero-order valence-corrected chi connectivity index (χ0v) is 13.4. The average Bonchev–Trinajstić information content (AvgIpc) is 2.21. The minimum absolute atomic E-state index is 0. The molecule has 0 fully saturated rings. The third-order valence-corrected chi connectivity index (χ3v) is 7.34. The van der Waals surface area contributed by atoms with E-state index in [2.05, 4.69) is 27.4 Å². The number of hydrogen-bond acceptors (Lipinski definition) is 2. The summed E-state index contributed by atoms with van der Waals surface area (Å²) >= 11 is 0. The van der Waals surface area contributed by atoms with Crippen LogP contribution in [0.2, 0.25) is 0 Å². The van der Waals surface area contributed by atoms with E-state index in [0.29, 0.717) is 0 Å².